The fourth-order valence-corrected chi connectivity index (χ4v) is 2.49. The summed E-state index contributed by atoms with van der Waals surface area (Å²) in [6.45, 7) is 8.12. The zero-order valence-electron chi connectivity index (χ0n) is 13.1. The summed E-state index contributed by atoms with van der Waals surface area (Å²) in [7, 11) is 3.17. The van der Waals surface area contributed by atoms with Gasteiger partial charge in [0.25, 0.3) is 0 Å². The van der Waals surface area contributed by atoms with E-state index in [1.165, 1.54) is 7.11 Å². The molecule has 0 spiro atoms. The van der Waals surface area contributed by atoms with Crippen LogP contribution in [0.25, 0.3) is 0 Å². The van der Waals surface area contributed by atoms with Crippen LogP contribution < -0.4 is 5.32 Å². The van der Waals surface area contributed by atoms with E-state index in [0.29, 0.717) is 19.4 Å². The Balaban J connectivity index is 2.47. The Labute approximate surface area is 121 Å². The molecular formula is C14H27N3O3. The summed E-state index contributed by atoms with van der Waals surface area (Å²) >= 11 is 0. The van der Waals surface area contributed by atoms with Gasteiger partial charge in [-0.2, -0.15) is 0 Å². The Kier molecular flexibility index (Phi) is 6.42. The molecule has 1 aliphatic rings. The minimum absolute atomic E-state index is 0.101. The minimum Gasteiger partial charge on any atom is -0.469 e. The summed E-state index contributed by atoms with van der Waals surface area (Å²) in [5.74, 6) is -0.128. The molecule has 0 bridgehead atoms. The monoisotopic (exact) mass is 285 g/mol. The summed E-state index contributed by atoms with van der Waals surface area (Å²) in [6, 6.07) is 0. The average molecular weight is 285 g/mol. The van der Waals surface area contributed by atoms with Crippen LogP contribution in [-0.2, 0) is 14.3 Å². The van der Waals surface area contributed by atoms with E-state index >= 15 is 0 Å². The zero-order valence-corrected chi connectivity index (χ0v) is 13.1. The topological polar surface area (TPSA) is 61.9 Å². The molecule has 116 valence electrons. The number of amides is 1. The van der Waals surface area contributed by atoms with Gasteiger partial charge in [-0.1, -0.05) is 0 Å². The van der Waals surface area contributed by atoms with Crippen molar-refractivity contribution in [2.45, 2.75) is 32.2 Å². The number of nitrogens with zero attached hydrogens (tertiary/aromatic N) is 2. The molecule has 0 aromatic rings. The second-order valence-electron chi connectivity index (χ2n) is 5.70. The van der Waals surface area contributed by atoms with Crippen LogP contribution in [0.4, 0.5) is 0 Å². The Morgan fingerprint density at radius 3 is 2.45 bits per heavy atom. The molecule has 1 saturated heterocycles. The minimum atomic E-state index is -0.498. The molecule has 6 nitrogen and oxygen atoms in total. The highest BCUT2D eigenvalue weighted by molar-refractivity contribution is 5.85. The van der Waals surface area contributed by atoms with E-state index in [2.05, 4.69) is 15.0 Å². The molecule has 20 heavy (non-hydrogen) atoms. The van der Waals surface area contributed by atoms with Gasteiger partial charge < -0.3 is 15.0 Å². The lowest BCUT2D eigenvalue weighted by molar-refractivity contribution is -0.144. The predicted molar refractivity (Wildman–Crippen MR) is 77.4 cm³/mol. The quantitative estimate of drug-likeness (QED) is 0.700. The number of carbonyl (C=O) groups excluding carboxylic acids is 2. The van der Waals surface area contributed by atoms with Crippen molar-refractivity contribution in [1.29, 1.82) is 0 Å². The number of piperazine rings is 1. The Morgan fingerprint density at radius 1 is 1.30 bits per heavy atom. The molecule has 6 heteroatoms. The molecule has 1 heterocycles. The molecule has 1 amide bonds. The molecule has 1 N–H and O–H groups in total. The van der Waals surface area contributed by atoms with Gasteiger partial charge in [-0.05, 0) is 20.3 Å². The molecule has 0 saturated carbocycles. The summed E-state index contributed by atoms with van der Waals surface area (Å²) in [6.07, 6.45) is 0.981. The lowest BCUT2D eigenvalue weighted by atomic mass is 9.99. The van der Waals surface area contributed by atoms with Gasteiger partial charge in [0.2, 0.25) is 5.91 Å². The van der Waals surface area contributed by atoms with E-state index in [-0.39, 0.29) is 11.9 Å². The number of nitrogens with one attached hydrogen (secondary N) is 1. The third-order valence-corrected chi connectivity index (χ3v) is 3.88. The predicted octanol–water partition coefficient (Wildman–Crippen LogP) is 0.0818. The number of carbonyl (C=O) groups is 2. The average Bonchev–Trinajstić information content (AvgIpc) is 2.46. The first-order chi connectivity index (χ1) is 9.39. The number of likely N-dealkylation sites (N-methyl/N-ethyl adjacent to an activating group) is 1. The Hall–Kier alpha value is -1.14. The number of ether oxygens (including phenoxy) is 1. The highest BCUT2D eigenvalue weighted by Gasteiger charge is 2.36. The number of hydrogen-bond donors (Lipinski definition) is 1. The maximum Gasteiger partial charge on any atom is 0.305 e. The third-order valence-electron chi connectivity index (χ3n) is 3.88. The molecule has 0 aromatic carbocycles. The Morgan fingerprint density at radius 2 is 1.90 bits per heavy atom. The number of hydrogen-bond acceptors (Lipinski definition) is 5. The van der Waals surface area contributed by atoms with Crippen LogP contribution >= 0.6 is 0 Å². The van der Waals surface area contributed by atoms with Crippen LogP contribution in [0.2, 0.25) is 0 Å². The van der Waals surface area contributed by atoms with Crippen molar-refractivity contribution in [3.63, 3.8) is 0 Å². The third kappa shape index (κ3) is 4.45. The Bertz CT molecular complexity index is 339. The highest BCUT2D eigenvalue weighted by Crippen LogP contribution is 2.18. The van der Waals surface area contributed by atoms with E-state index in [4.69, 9.17) is 0 Å². The molecule has 0 unspecified atom stereocenters. The van der Waals surface area contributed by atoms with Gasteiger partial charge >= 0.3 is 5.97 Å². The summed E-state index contributed by atoms with van der Waals surface area (Å²) in [4.78, 5) is 27.5. The maximum absolute atomic E-state index is 12.6. The molecular weight excluding hydrogens is 258 g/mol. The number of esters is 1. The fourth-order valence-electron chi connectivity index (χ4n) is 2.49. The van der Waals surface area contributed by atoms with Crippen LogP contribution in [0.5, 0.6) is 0 Å². The van der Waals surface area contributed by atoms with Crippen molar-refractivity contribution in [2.75, 3.05) is 46.9 Å². The molecule has 0 radical (unpaired) electrons. The molecule has 1 rings (SSSR count). The van der Waals surface area contributed by atoms with Gasteiger partial charge in [0.05, 0.1) is 12.6 Å². The van der Waals surface area contributed by atoms with E-state index in [9.17, 15) is 9.59 Å². The zero-order chi connectivity index (χ0) is 15.2. The van der Waals surface area contributed by atoms with Gasteiger partial charge in [-0.25, -0.2) is 0 Å². The summed E-state index contributed by atoms with van der Waals surface area (Å²) < 4.78 is 4.60. The standard InChI is InChI=1S/C14H27N3O3/c1-14(2,17-10-7-15-8-11-17)13(19)16(3)9-5-6-12(18)20-4/h15H,5-11H2,1-4H3. The summed E-state index contributed by atoms with van der Waals surface area (Å²) in [5, 5.41) is 3.29. The normalized spacial score (nSPS) is 16.8. The second-order valence-corrected chi connectivity index (χ2v) is 5.70. The van der Waals surface area contributed by atoms with Crippen molar-refractivity contribution in [3.8, 4) is 0 Å². The van der Waals surface area contributed by atoms with Gasteiger partial charge in [0.1, 0.15) is 0 Å². The lowest BCUT2D eigenvalue weighted by Gasteiger charge is -2.41. The van der Waals surface area contributed by atoms with E-state index in [0.717, 1.165) is 26.2 Å². The first-order valence-corrected chi connectivity index (χ1v) is 7.17. The van der Waals surface area contributed by atoms with Crippen molar-refractivity contribution in [3.05, 3.63) is 0 Å². The molecule has 0 atom stereocenters. The van der Waals surface area contributed by atoms with Crippen molar-refractivity contribution in [1.82, 2.24) is 15.1 Å². The molecule has 0 aromatic heterocycles. The van der Waals surface area contributed by atoms with Crippen LogP contribution in [0.1, 0.15) is 26.7 Å². The molecule has 1 fully saturated rings. The SMILES string of the molecule is COC(=O)CCCN(C)C(=O)C(C)(C)N1CCNCC1. The van der Waals surface area contributed by atoms with Crippen molar-refractivity contribution >= 4 is 11.9 Å². The van der Waals surface area contributed by atoms with E-state index in [1.54, 1.807) is 11.9 Å². The van der Waals surface area contributed by atoms with Gasteiger partial charge in [0, 0.05) is 46.2 Å². The number of methoxy groups -OCH3 is 1. The largest absolute Gasteiger partial charge is 0.469 e. The number of rotatable bonds is 6. The van der Waals surface area contributed by atoms with Crippen LogP contribution in [0, 0.1) is 0 Å². The highest BCUT2D eigenvalue weighted by atomic mass is 16.5. The van der Waals surface area contributed by atoms with Crippen molar-refractivity contribution < 1.29 is 14.3 Å². The smallest absolute Gasteiger partial charge is 0.305 e. The van der Waals surface area contributed by atoms with E-state index in [1.807, 2.05) is 13.8 Å². The first kappa shape index (κ1) is 16.9. The second kappa shape index (κ2) is 7.59. The van der Waals surface area contributed by atoms with Crippen LogP contribution in [0.15, 0.2) is 0 Å². The molecule has 1 aliphatic heterocycles. The lowest BCUT2D eigenvalue weighted by Crippen LogP contribution is -2.60. The van der Waals surface area contributed by atoms with E-state index < -0.39 is 5.54 Å². The van der Waals surface area contributed by atoms with Crippen LogP contribution in [-0.4, -0.2) is 74.1 Å². The summed E-state index contributed by atoms with van der Waals surface area (Å²) in [5.41, 5.74) is -0.498. The van der Waals surface area contributed by atoms with Gasteiger partial charge in [-0.15, -0.1) is 0 Å². The fraction of sp³-hybridized carbons (Fsp3) is 0.857. The van der Waals surface area contributed by atoms with Gasteiger partial charge in [0.15, 0.2) is 0 Å². The molecule has 0 aliphatic carbocycles. The maximum atomic E-state index is 12.6. The first-order valence-electron chi connectivity index (χ1n) is 7.17. The van der Waals surface area contributed by atoms with Gasteiger partial charge in [-0.3, -0.25) is 14.5 Å². The van der Waals surface area contributed by atoms with Crippen LogP contribution in [0.3, 0.4) is 0 Å². The van der Waals surface area contributed by atoms with Crippen molar-refractivity contribution in [2.24, 2.45) is 0 Å².